The standard InChI is InChI=1S/C17H16O5/c1-20-14-7-9-15(10-8-14)21-12-17(19)22-11-16(18)13-5-3-2-4-6-13/h2-10H,11-12H2,1H3. The Morgan fingerprint density at radius 3 is 2.14 bits per heavy atom. The van der Waals surface area contributed by atoms with E-state index in [2.05, 4.69) is 0 Å². The molecule has 0 N–H and O–H groups in total. The van der Waals surface area contributed by atoms with Gasteiger partial charge in [0.15, 0.2) is 19.0 Å². The average molecular weight is 300 g/mol. The average Bonchev–Trinajstić information content (AvgIpc) is 2.59. The van der Waals surface area contributed by atoms with Gasteiger partial charge in [-0.1, -0.05) is 30.3 Å². The summed E-state index contributed by atoms with van der Waals surface area (Å²) in [5, 5.41) is 0. The molecule has 0 radical (unpaired) electrons. The van der Waals surface area contributed by atoms with E-state index in [9.17, 15) is 9.59 Å². The molecular weight excluding hydrogens is 284 g/mol. The minimum absolute atomic E-state index is 0.251. The molecule has 0 bridgehead atoms. The number of esters is 1. The lowest BCUT2D eigenvalue weighted by atomic mass is 10.1. The zero-order valence-corrected chi connectivity index (χ0v) is 12.2. The van der Waals surface area contributed by atoms with E-state index in [1.807, 2.05) is 6.07 Å². The molecule has 0 aliphatic rings. The predicted octanol–water partition coefficient (Wildman–Crippen LogP) is 2.50. The van der Waals surface area contributed by atoms with Crippen LogP contribution in [0.5, 0.6) is 11.5 Å². The van der Waals surface area contributed by atoms with E-state index in [0.29, 0.717) is 17.1 Å². The van der Waals surface area contributed by atoms with E-state index in [-0.39, 0.29) is 19.0 Å². The zero-order valence-electron chi connectivity index (χ0n) is 12.2. The molecule has 0 aromatic heterocycles. The fourth-order valence-electron chi connectivity index (χ4n) is 1.71. The van der Waals surface area contributed by atoms with E-state index >= 15 is 0 Å². The number of benzene rings is 2. The summed E-state index contributed by atoms with van der Waals surface area (Å²) >= 11 is 0. The number of hydrogen-bond donors (Lipinski definition) is 0. The highest BCUT2D eigenvalue weighted by Gasteiger charge is 2.10. The smallest absolute Gasteiger partial charge is 0.344 e. The van der Waals surface area contributed by atoms with Crippen LogP contribution in [-0.2, 0) is 9.53 Å². The number of rotatable bonds is 7. The molecule has 0 unspecified atom stereocenters. The van der Waals surface area contributed by atoms with Gasteiger partial charge in [0.05, 0.1) is 7.11 Å². The molecule has 0 heterocycles. The molecule has 0 amide bonds. The van der Waals surface area contributed by atoms with Crippen LogP contribution in [-0.4, -0.2) is 32.1 Å². The van der Waals surface area contributed by atoms with Gasteiger partial charge in [0, 0.05) is 5.56 Å². The summed E-state index contributed by atoms with van der Waals surface area (Å²) < 4.78 is 15.2. The minimum atomic E-state index is -0.597. The summed E-state index contributed by atoms with van der Waals surface area (Å²) in [6.07, 6.45) is 0. The molecule has 2 aromatic carbocycles. The Labute approximate surface area is 128 Å². The minimum Gasteiger partial charge on any atom is -0.497 e. The first-order chi connectivity index (χ1) is 10.7. The lowest BCUT2D eigenvalue weighted by Gasteiger charge is -2.07. The maximum atomic E-state index is 11.8. The van der Waals surface area contributed by atoms with Crippen LogP contribution in [0, 0.1) is 0 Å². The lowest BCUT2D eigenvalue weighted by Crippen LogP contribution is -2.19. The largest absolute Gasteiger partial charge is 0.497 e. The van der Waals surface area contributed by atoms with Crippen molar-refractivity contribution in [1.29, 1.82) is 0 Å². The van der Waals surface area contributed by atoms with Crippen molar-refractivity contribution in [2.45, 2.75) is 0 Å². The fraction of sp³-hybridized carbons (Fsp3) is 0.176. The molecule has 5 nitrogen and oxygen atoms in total. The molecule has 114 valence electrons. The van der Waals surface area contributed by atoms with Crippen LogP contribution < -0.4 is 9.47 Å². The number of Topliss-reactive ketones (excluding diaryl/α,β-unsaturated/α-hetero) is 1. The first-order valence-electron chi connectivity index (χ1n) is 6.70. The van der Waals surface area contributed by atoms with E-state index < -0.39 is 5.97 Å². The zero-order chi connectivity index (χ0) is 15.8. The van der Waals surface area contributed by atoms with Gasteiger partial charge in [0.1, 0.15) is 11.5 Å². The van der Waals surface area contributed by atoms with Gasteiger partial charge in [-0.05, 0) is 24.3 Å². The third-order valence-electron chi connectivity index (χ3n) is 2.88. The molecule has 2 aromatic rings. The summed E-state index contributed by atoms with van der Waals surface area (Å²) in [6.45, 7) is -0.552. The van der Waals surface area contributed by atoms with Gasteiger partial charge in [-0.25, -0.2) is 4.79 Å². The Morgan fingerprint density at radius 1 is 0.864 bits per heavy atom. The number of methoxy groups -OCH3 is 1. The van der Waals surface area contributed by atoms with Gasteiger partial charge < -0.3 is 14.2 Å². The second-order valence-electron chi connectivity index (χ2n) is 4.41. The van der Waals surface area contributed by atoms with Crippen LogP contribution in [0.4, 0.5) is 0 Å². The fourth-order valence-corrected chi connectivity index (χ4v) is 1.71. The molecular formula is C17H16O5. The first-order valence-corrected chi connectivity index (χ1v) is 6.70. The number of ether oxygens (including phenoxy) is 3. The van der Waals surface area contributed by atoms with Crippen molar-refractivity contribution in [3.05, 3.63) is 60.2 Å². The van der Waals surface area contributed by atoms with Crippen LogP contribution >= 0.6 is 0 Å². The topological polar surface area (TPSA) is 61.8 Å². The Kier molecular flexibility index (Phi) is 5.54. The van der Waals surface area contributed by atoms with Crippen LogP contribution in [0.25, 0.3) is 0 Å². The van der Waals surface area contributed by atoms with Crippen molar-refractivity contribution < 1.29 is 23.8 Å². The number of hydrogen-bond acceptors (Lipinski definition) is 5. The van der Waals surface area contributed by atoms with Crippen molar-refractivity contribution in [2.75, 3.05) is 20.3 Å². The van der Waals surface area contributed by atoms with Crippen molar-refractivity contribution >= 4 is 11.8 Å². The molecule has 0 aliphatic carbocycles. The second-order valence-corrected chi connectivity index (χ2v) is 4.41. The van der Waals surface area contributed by atoms with Gasteiger partial charge >= 0.3 is 5.97 Å². The van der Waals surface area contributed by atoms with E-state index in [0.717, 1.165) is 0 Å². The van der Waals surface area contributed by atoms with Gasteiger partial charge in [-0.3, -0.25) is 4.79 Å². The summed E-state index contributed by atoms with van der Waals surface area (Å²) in [6, 6.07) is 15.5. The maximum Gasteiger partial charge on any atom is 0.344 e. The predicted molar refractivity (Wildman–Crippen MR) is 80.2 cm³/mol. The molecule has 22 heavy (non-hydrogen) atoms. The monoisotopic (exact) mass is 300 g/mol. The third-order valence-corrected chi connectivity index (χ3v) is 2.88. The quantitative estimate of drug-likeness (QED) is 0.581. The Hall–Kier alpha value is -2.82. The molecule has 0 saturated carbocycles. The van der Waals surface area contributed by atoms with Crippen LogP contribution in [0.1, 0.15) is 10.4 Å². The third kappa shape index (κ3) is 4.63. The highest BCUT2D eigenvalue weighted by Crippen LogP contribution is 2.16. The van der Waals surface area contributed by atoms with Crippen LogP contribution in [0.2, 0.25) is 0 Å². The Balaban J connectivity index is 1.74. The second kappa shape index (κ2) is 7.83. The normalized spacial score (nSPS) is 9.86. The molecule has 0 aliphatic heterocycles. The van der Waals surface area contributed by atoms with Gasteiger partial charge in [0.2, 0.25) is 0 Å². The molecule has 0 spiro atoms. The van der Waals surface area contributed by atoms with E-state index in [1.165, 1.54) is 0 Å². The van der Waals surface area contributed by atoms with E-state index in [1.54, 1.807) is 55.6 Å². The molecule has 5 heteroatoms. The first kappa shape index (κ1) is 15.6. The highest BCUT2D eigenvalue weighted by atomic mass is 16.6. The number of carbonyl (C=O) groups excluding carboxylic acids is 2. The molecule has 0 fully saturated rings. The summed E-state index contributed by atoms with van der Waals surface area (Å²) in [4.78, 5) is 23.3. The van der Waals surface area contributed by atoms with Gasteiger partial charge in [-0.2, -0.15) is 0 Å². The van der Waals surface area contributed by atoms with Crippen LogP contribution in [0.3, 0.4) is 0 Å². The van der Waals surface area contributed by atoms with Gasteiger partial charge in [0.25, 0.3) is 0 Å². The summed E-state index contributed by atoms with van der Waals surface area (Å²) in [5.41, 5.74) is 0.506. The number of ketones is 1. The maximum absolute atomic E-state index is 11.8. The van der Waals surface area contributed by atoms with Crippen LogP contribution in [0.15, 0.2) is 54.6 Å². The van der Waals surface area contributed by atoms with Gasteiger partial charge in [-0.15, -0.1) is 0 Å². The molecule has 0 saturated heterocycles. The van der Waals surface area contributed by atoms with E-state index in [4.69, 9.17) is 14.2 Å². The molecule has 0 atom stereocenters. The van der Waals surface area contributed by atoms with Crippen molar-refractivity contribution in [2.24, 2.45) is 0 Å². The Morgan fingerprint density at radius 2 is 1.50 bits per heavy atom. The SMILES string of the molecule is COc1ccc(OCC(=O)OCC(=O)c2ccccc2)cc1. The van der Waals surface area contributed by atoms with Crippen molar-refractivity contribution in [3.63, 3.8) is 0 Å². The highest BCUT2D eigenvalue weighted by molar-refractivity contribution is 5.97. The summed E-state index contributed by atoms with van der Waals surface area (Å²) in [7, 11) is 1.57. The number of carbonyl (C=O) groups is 2. The Bertz CT molecular complexity index is 619. The summed E-state index contributed by atoms with van der Waals surface area (Å²) in [5.74, 6) is 0.369. The molecule has 2 rings (SSSR count). The van der Waals surface area contributed by atoms with Crippen molar-refractivity contribution in [1.82, 2.24) is 0 Å². The lowest BCUT2D eigenvalue weighted by molar-refractivity contribution is -0.144. The van der Waals surface area contributed by atoms with Crippen molar-refractivity contribution in [3.8, 4) is 11.5 Å².